The van der Waals surface area contributed by atoms with Gasteiger partial charge in [-0.3, -0.25) is 19.2 Å². The van der Waals surface area contributed by atoms with Gasteiger partial charge >= 0.3 is 0 Å². The van der Waals surface area contributed by atoms with Crippen LogP contribution in [0.5, 0.6) is 5.75 Å². The SMILES string of the molecule is Cc1cc(Nc2ncc(C)c(Nc3ccccc3S(=O)(=O)C(C)C)n2)c(OC(C)C)cc1C1CCN(C(=O)CCCCC(=O)N[C@H](C(=O)N2C[C@@H](O)C[C@@H]2C(=O)NCc2ccc(-c3scnc3C)cc2)C(C)(C)C)CC1. The van der Waals surface area contributed by atoms with Crippen molar-refractivity contribution < 1.29 is 37.4 Å². The topological polar surface area (TPSA) is 225 Å². The number of ether oxygens (including phenoxy) is 1. The normalized spacial score (nSPS) is 16.7. The number of piperidine rings is 1. The molecule has 0 spiro atoms. The third kappa shape index (κ3) is 14.1. The van der Waals surface area contributed by atoms with Gasteiger partial charge in [-0.2, -0.15) is 4.98 Å². The van der Waals surface area contributed by atoms with E-state index in [0.717, 1.165) is 51.2 Å². The maximum Gasteiger partial charge on any atom is 0.246 e. The number of nitrogens with zero attached hydrogens (tertiary/aromatic N) is 5. The predicted molar refractivity (Wildman–Crippen MR) is 298 cm³/mol. The Morgan fingerprint density at radius 1 is 0.882 bits per heavy atom. The van der Waals surface area contributed by atoms with Crippen molar-refractivity contribution in [2.45, 2.75) is 161 Å². The van der Waals surface area contributed by atoms with E-state index >= 15 is 0 Å². The van der Waals surface area contributed by atoms with Crippen molar-refractivity contribution in [1.29, 1.82) is 0 Å². The fourth-order valence-electron chi connectivity index (χ4n) is 9.71. The summed E-state index contributed by atoms with van der Waals surface area (Å²) in [7, 11) is -3.57. The number of rotatable bonds is 20. The van der Waals surface area contributed by atoms with E-state index < -0.39 is 44.6 Å². The zero-order chi connectivity index (χ0) is 55.1. The Hall–Kier alpha value is -6.44. The predicted octanol–water partition coefficient (Wildman–Crippen LogP) is 9.06. The summed E-state index contributed by atoms with van der Waals surface area (Å²) in [5.74, 6) is 0.538. The smallest absolute Gasteiger partial charge is 0.246 e. The van der Waals surface area contributed by atoms with Crippen LogP contribution in [-0.4, -0.2) is 111 Å². The molecular weight excluding hydrogens is 1000 g/mol. The van der Waals surface area contributed by atoms with Gasteiger partial charge in [0.25, 0.3) is 0 Å². The molecular formula is C57H75N9O8S2. The molecule has 0 radical (unpaired) electrons. The number of likely N-dealkylation sites (tertiary alicyclic amines) is 2. The zero-order valence-electron chi connectivity index (χ0n) is 45.5. The maximum absolute atomic E-state index is 14.2. The van der Waals surface area contributed by atoms with Gasteiger partial charge in [0.15, 0.2) is 9.84 Å². The van der Waals surface area contributed by atoms with Crippen LogP contribution in [0.3, 0.4) is 0 Å². The first-order chi connectivity index (χ1) is 36.0. The highest BCUT2D eigenvalue weighted by molar-refractivity contribution is 7.92. The minimum absolute atomic E-state index is 0.0157. The van der Waals surface area contributed by atoms with E-state index in [2.05, 4.69) is 44.2 Å². The number of hydrogen-bond donors (Lipinski definition) is 5. The van der Waals surface area contributed by atoms with Crippen molar-refractivity contribution in [3.05, 3.63) is 100 Å². The molecule has 76 heavy (non-hydrogen) atoms. The van der Waals surface area contributed by atoms with Crippen molar-refractivity contribution in [3.63, 3.8) is 0 Å². The molecule has 19 heteroatoms. The van der Waals surface area contributed by atoms with Gasteiger partial charge < -0.3 is 40.9 Å². The van der Waals surface area contributed by atoms with Crippen molar-refractivity contribution in [2.24, 2.45) is 5.41 Å². The monoisotopic (exact) mass is 1080 g/mol. The molecule has 7 rings (SSSR count). The van der Waals surface area contributed by atoms with Gasteiger partial charge in [0, 0.05) is 57.2 Å². The molecule has 2 fully saturated rings. The van der Waals surface area contributed by atoms with Crippen LogP contribution in [0, 0.1) is 26.2 Å². The molecule has 3 atom stereocenters. The van der Waals surface area contributed by atoms with Crippen LogP contribution in [-0.2, 0) is 35.6 Å². The van der Waals surface area contributed by atoms with E-state index in [0.29, 0.717) is 61.2 Å². The van der Waals surface area contributed by atoms with Gasteiger partial charge in [-0.05, 0) is 132 Å². The van der Waals surface area contributed by atoms with E-state index in [1.54, 1.807) is 55.6 Å². The molecule has 5 N–H and O–H groups in total. The van der Waals surface area contributed by atoms with Crippen LogP contribution in [0.1, 0.15) is 127 Å². The summed E-state index contributed by atoms with van der Waals surface area (Å²) in [6.45, 7) is 20.1. The van der Waals surface area contributed by atoms with Crippen molar-refractivity contribution in [3.8, 4) is 16.2 Å². The average Bonchev–Trinajstić information content (AvgIpc) is 4.00. The molecule has 3 aromatic carbocycles. The number of aromatic nitrogens is 3. The Bertz CT molecular complexity index is 2980. The number of aliphatic hydroxyl groups is 1. The number of benzene rings is 3. The number of carbonyl (C=O) groups excluding carboxylic acids is 4. The first-order valence-electron chi connectivity index (χ1n) is 26.3. The lowest BCUT2D eigenvalue weighted by atomic mass is 9.85. The number of β-amino-alcohol motifs (C(OH)–C–C–N with tert-alkyl or cyclic N) is 1. The summed E-state index contributed by atoms with van der Waals surface area (Å²) in [6.07, 6.45) is 3.70. The zero-order valence-corrected chi connectivity index (χ0v) is 47.2. The fourth-order valence-corrected chi connectivity index (χ4v) is 11.7. The Morgan fingerprint density at radius 3 is 2.24 bits per heavy atom. The number of hydrogen-bond acceptors (Lipinski definition) is 14. The molecule has 17 nitrogen and oxygen atoms in total. The summed E-state index contributed by atoms with van der Waals surface area (Å²) in [5.41, 5.74) is 8.05. The van der Waals surface area contributed by atoms with Crippen LogP contribution in [0.2, 0.25) is 0 Å². The second-order valence-electron chi connectivity index (χ2n) is 21.7. The third-order valence-corrected chi connectivity index (χ3v) is 17.2. The highest BCUT2D eigenvalue weighted by atomic mass is 32.2. The van der Waals surface area contributed by atoms with Gasteiger partial charge in [0.2, 0.25) is 29.6 Å². The van der Waals surface area contributed by atoms with E-state index in [1.165, 1.54) is 4.90 Å². The lowest BCUT2D eigenvalue weighted by Crippen LogP contribution is -2.57. The van der Waals surface area contributed by atoms with Crippen molar-refractivity contribution in [1.82, 2.24) is 35.4 Å². The number of para-hydroxylation sites is 1. The maximum atomic E-state index is 14.2. The van der Waals surface area contributed by atoms with Gasteiger partial charge in [-0.1, -0.05) is 57.2 Å². The third-order valence-electron chi connectivity index (χ3n) is 14.1. The molecule has 4 heterocycles. The number of carbonyl (C=O) groups is 4. The first-order valence-corrected chi connectivity index (χ1v) is 28.8. The number of amides is 4. The molecule has 5 aromatic rings. The number of nitrogens with one attached hydrogen (secondary N) is 4. The van der Waals surface area contributed by atoms with Crippen LogP contribution in [0.4, 0.5) is 23.1 Å². The number of unbranched alkanes of at least 4 members (excludes halogenated alkanes) is 1. The van der Waals surface area contributed by atoms with Crippen LogP contribution in [0.25, 0.3) is 10.4 Å². The molecule has 0 saturated carbocycles. The summed E-state index contributed by atoms with van der Waals surface area (Å²) in [5, 5.41) is 22.5. The van der Waals surface area contributed by atoms with E-state index in [-0.39, 0.29) is 60.6 Å². The van der Waals surface area contributed by atoms with Crippen molar-refractivity contribution >= 4 is 67.9 Å². The minimum atomic E-state index is -3.57. The van der Waals surface area contributed by atoms with Crippen LogP contribution in [0.15, 0.2) is 77.3 Å². The van der Waals surface area contributed by atoms with Gasteiger partial charge in [-0.25, -0.2) is 18.4 Å². The Labute approximate surface area is 452 Å². The second-order valence-corrected chi connectivity index (χ2v) is 25.1. The van der Waals surface area contributed by atoms with Crippen LogP contribution >= 0.6 is 11.3 Å². The Morgan fingerprint density at radius 2 is 1.58 bits per heavy atom. The number of aliphatic hydroxyl groups excluding tert-OH is 1. The Kier molecular flexibility index (Phi) is 18.6. The molecule has 2 aromatic heterocycles. The van der Waals surface area contributed by atoms with E-state index in [9.17, 15) is 32.7 Å². The molecule has 2 aliphatic rings. The molecule has 4 amide bonds. The standard InChI is InChI=1S/C57H75N9O8S2/c1-34(2)74-47-29-43(36(5)27-45(47)62-56-59-30-37(6)53(64-56)61-44-15-11-12-16-48(44)76(72,73)35(3)4)40-23-25-65(26-24-40)50(69)18-14-13-17-49(68)63-52(57(8,9)10)55(71)66-32-42(67)28-46(66)54(70)58-31-39-19-21-41(22-20-39)51-38(7)60-33-75-51/h11-12,15-16,19-22,27,29-30,33-35,40,42,46,52,67H,13-14,17-18,23-26,28,31-32H2,1-10H3,(H,58,70)(H,63,68)(H2,59,61,62,64)/t42-,46+,52+/m0/s1. The quantitative estimate of drug-likeness (QED) is 0.0459. The van der Waals surface area contributed by atoms with Crippen molar-refractivity contribution in [2.75, 3.05) is 30.3 Å². The Balaban J connectivity index is 0.890. The lowest BCUT2D eigenvalue weighted by molar-refractivity contribution is -0.144. The fraction of sp³-hybridized carbons (Fsp3) is 0.491. The summed E-state index contributed by atoms with van der Waals surface area (Å²) in [6, 6.07) is 16.9. The number of anilines is 4. The van der Waals surface area contributed by atoms with Crippen LogP contribution < -0.4 is 26.0 Å². The average molecular weight is 1080 g/mol. The molecule has 0 unspecified atom stereocenters. The number of aryl methyl sites for hydroxylation is 3. The molecule has 0 aliphatic carbocycles. The largest absolute Gasteiger partial charge is 0.489 e. The second kappa shape index (κ2) is 24.7. The molecule has 408 valence electrons. The number of sulfone groups is 1. The van der Waals surface area contributed by atoms with Gasteiger partial charge in [-0.15, -0.1) is 11.3 Å². The summed E-state index contributed by atoms with van der Waals surface area (Å²) < 4.78 is 32.7. The highest BCUT2D eigenvalue weighted by Gasteiger charge is 2.44. The molecule has 0 bridgehead atoms. The summed E-state index contributed by atoms with van der Waals surface area (Å²) >= 11 is 1.57. The van der Waals surface area contributed by atoms with E-state index in [4.69, 9.17) is 9.72 Å². The number of thiazole rings is 1. The van der Waals surface area contributed by atoms with E-state index in [1.807, 2.05) is 89.2 Å². The highest BCUT2D eigenvalue weighted by Crippen LogP contribution is 2.39. The lowest BCUT2D eigenvalue weighted by Gasteiger charge is -2.35. The summed E-state index contributed by atoms with van der Waals surface area (Å²) in [4.78, 5) is 72.8. The first kappa shape index (κ1) is 57.3. The molecule has 2 aliphatic heterocycles. The van der Waals surface area contributed by atoms with Gasteiger partial charge in [0.1, 0.15) is 23.7 Å². The molecule has 2 saturated heterocycles. The minimum Gasteiger partial charge on any atom is -0.489 e. The van der Waals surface area contributed by atoms with Gasteiger partial charge in [0.05, 0.1) is 49.8 Å².